The highest BCUT2D eigenvalue weighted by Gasteiger charge is 2.24. The summed E-state index contributed by atoms with van der Waals surface area (Å²) in [4.78, 5) is 0. The number of hydrogen-bond acceptors (Lipinski definition) is 3. The molecule has 0 spiro atoms. The quantitative estimate of drug-likeness (QED) is 0.216. The van der Waals surface area contributed by atoms with Crippen LogP contribution in [0.1, 0.15) is 23.7 Å². The van der Waals surface area contributed by atoms with Crippen molar-refractivity contribution in [1.29, 1.82) is 0 Å². The highest BCUT2D eigenvalue weighted by molar-refractivity contribution is 5.99. The first kappa shape index (κ1) is 24.8. The summed E-state index contributed by atoms with van der Waals surface area (Å²) < 4.78 is 2.26. The van der Waals surface area contributed by atoms with Crippen molar-refractivity contribution in [3.8, 4) is 5.69 Å². The number of nitrogens with two attached hydrogens (primary N) is 1. The van der Waals surface area contributed by atoms with E-state index in [4.69, 9.17) is 5.73 Å². The lowest BCUT2D eigenvalue weighted by Crippen LogP contribution is -2.45. The molecule has 5 aromatic rings. The Labute approximate surface area is 240 Å². The van der Waals surface area contributed by atoms with Crippen LogP contribution in [0.3, 0.4) is 0 Å². The minimum Gasteiger partial charge on any atom is -0.396 e. The van der Waals surface area contributed by atoms with Gasteiger partial charge >= 0.3 is 0 Å². The second-order valence-electron chi connectivity index (χ2n) is 10.5. The van der Waals surface area contributed by atoms with Crippen molar-refractivity contribution in [2.75, 3.05) is 5.73 Å². The predicted molar refractivity (Wildman–Crippen MR) is 174 cm³/mol. The third kappa shape index (κ3) is 4.44. The third-order valence-electron chi connectivity index (χ3n) is 7.98. The molecular weight excluding hydrogens is 500 g/mol. The van der Waals surface area contributed by atoms with Crippen LogP contribution < -0.4 is 16.4 Å². The SMILES string of the molecule is C/C=C\c1c(N)c2ccccc2n1-c1cccc(C2=CC(C3C=CC=CN3)NC(c3cccc4ccccc34)=C2)c1. The summed E-state index contributed by atoms with van der Waals surface area (Å²) in [5.41, 5.74) is 15.3. The van der Waals surface area contributed by atoms with Crippen LogP contribution in [0, 0.1) is 0 Å². The number of nitrogens with zero attached hydrogens (tertiary/aromatic N) is 1. The van der Waals surface area contributed by atoms with E-state index in [1.807, 2.05) is 31.3 Å². The zero-order chi connectivity index (χ0) is 27.8. The molecule has 0 radical (unpaired) electrons. The summed E-state index contributed by atoms with van der Waals surface area (Å²) in [6.07, 6.45) is 17.1. The molecule has 41 heavy (non-hydrogen) atoms. The highest BCUT2D eigenvalue weighted by atomic mass is 15.0. The van der Waals surface area contributed by atoms with E-state index >= 15 is 0 Å². The maximum absolute atomic E-state index is 6.65. The Bertz CT molecular complexity index is 1930. The molecule has 200 valence electrons. The van der Waals surface area contributed by atoms with E-state index in [0.717, 1.165) is 39.2 Å². The van der Waals surface area contributed by atoms with E-state index in [9.17, 15) is 0 Å². The third-order valence-corrected chi connectivity index (χ3v) is 7.98. The summed E-state index contributed by atoms with van der Waals surface area (Å²) in [5.74, 6) is 0. The molecule has 4 aromatic carbocycles. The Morgan fingerprint density at radius 1 is 0.829 bits per heavy atom. The average molecular weight is 533 g/mol. The molecule has 2 unspecified atom stereocenters. The van der Waals surface area contributed by atoms with Gasteiger partial charge in [-0.25, -0.2) is 0 Å². The van der Waals surface area contributed by atoms with E-state index in [0.29, 0.717) is 0 Å². The molecule has 3 heterocycles. The minimum absolute atomic E-state index is 0.0652. The van der Waals surface area contributed by atoms with Crippen molar-refractivity contribution in [3.63, 3.8) is 0 Å². The Morgan fingerprint density at radius 2 is 1.63 bits per heavy atom. The number of rotatable bonds is 5. The zero-order valence-corrected chi connectivity index (χ0v) is 23.0. The van der Waals surface area contributed by atoms with Gasteiger partial charge in [0, 0.05) is 22.3 Å². The number of allylic oxidation sites excluding steroid dienone is 5. The first-order chi connectivity index (χ1) is 20.2. The molecule has 2 aliphatic rings. The van der Waals surface area contributed by atoms with E-state index in [2.05, 4.69) is 131 Å². The minimum atomic E-state index is 0.0652. The van der Waals surface area contributed by atoms with Gasteiger partial charge in [-0.2, -0.15) is 0 Å². The summed E-state index contributed by atoms with van der Waals surface area (Å²) in [6, 6.07) is 32.4. The molecule has 0 saturated heterocycles. The van der Waals surface area contributed by atoms with Gasteiger partial charge in [0.15, 0.2) is 0 Å². The number of dihydropyridines is 2. The summed E-state index contributed by atoms with van der Waals surface area (Å²) in [5, 5.41) is 10.9. The van der Waals surface area contributed by atoms with Crippen molar-refractivity contribution in [3.05, 3.63) is 150 Å². The monoisotopic (exact) mass is 532 g/mol. The zero-order valence-electron chi connectivity index (χ0n) is 23.0. The average Bonchev–Trinajstić information content (AvgIpc) is 3.32. The summed E-state index contributed by atoms with van der Waals surface area (Å²) >= 11 is 0. The topological polar surface area (TPSA) is 55.0 Å². The van der Waals surface area contributed by atoms with Gasteiger partial charge in [0.2, 0.25) is 0 Å². The van der Waals surface area contributed by atoms with Crippen molar-refractivity contribution in [2.24, 2.45) is 0 Å². The van der Waals surface area contributed by atoms with Gasteiger partial charge in [0.1, 0.15) is 0 Å². The smallest absolute Gasteiger partial charge is 0.0695 e. The molecule has 2 atom stereocenters. The van der Waals surface area contributed by atoms with Crippen LogP contribution in [0.4, 0.5) is 5.69 Å². The molecule has 4 nitrogen and oxygen atoms in total. The lowest BCUT2D eigenvalue weighted by atomic mass is 9.91. The number of nitrogens with one attached hydrogen (secondary N) is 2. The normalized spacial score (nSPS) is 18.4. The largest absolute Gasteiger partial charge is 0.396 e. The van der Waals surface area contributed by atoms with Crippen molar-refractivity contribution in [2.45, 2.75) is 19.0 Å². The second-order valence-corrected chi connectivity index (χ2v) is 10.5. The van der Waals surface area contributed by atoms with Crippen LogP contribution in [0.15, 0.2) is 134 Å². The van der Waals surface area contributed by atoms with Crippen molar-refractivity contribution in [1.82, 2.24) is 15.2 Å². The van der Waals surface area contributed by atoms with Crippen LogP contribution in [-0.2, 0) is 0 Å². The van der Waals surface area contributed by atoms with Gasteiger partial charge in [-0.15, -0.1) is 0 Å². The van der Waals surface area contributed by atoms with Crippen LogP contribution in [0.2, 0.25) is 0 Å². The lowest BCUT2D eigenvalue weighted by Gasteiger charge is -2.31. The van der Waals surface area contributed by atoms with E-state index < -0.39 is 0 Å². The number of benzene rings is 4. The Morgan fingerprint density at radius 3 is 2.49 bits per heavy atom. The Hall–Kier alpha value is -5.22. The van der Waals surface area contributed by atoms with Crippen LogP contribution in [0.25, 0.3) is 44.7 Å². The van der Waals surface area contributed by atoms with Crippen LogP contribution in [-0.4, -0.2) is 16.7 Å². The molecule has 4 N–H and O–H groups in total. The maximum Gasteiger partial charge on any atom is 0.0695 e. The van der Waals surface area contributed by atoms with Gasteiger partial charge in [0.05, 0.1) is 29.0 Å². The van der Waals surface area contributed by atoms with Gasteiger partial charge in [0.25, 0.3) is 0 Å². The molecule has 0 bridgehead atoms. The Balaban J connectivity index is 1.38. The number of aromatic nitrogens is 1. The van der Waals surface area contributed by atoms with E-state index in [-0.39, 0.29) is 12.1 Å². The highest BCUT2D eigenvalue weighted by Crippen LogP contribution is 2.35. The number of hydrogen-bond donors (Lipinski definition) is 3. The van der Waals surface area contributed by atoms with Crippen molar-refractivity contribution < 1.29 is 0 Å². The van der Waals surface area contributed by atoms with E-state index in [1.54, 1.807) is 0 Å². The number of fused-ring (bicyclic) bond motifs is 2. The van der Waals surface area contributed by atoms with Crippen molar-refractivity contribution >= 4 is 44.7 Å². The first-order valence-electron chi connectivity index (χ1n) is 14.1. The second kappa shape index (κ2) is 10.4. The van der Waals surface area contributed by atoms with Gasteiger partial charge in [-0.1, -0.05) is 97.1 Å². The van der Waals surface area contributed by atoms with Gasteiger partial charge < -0.3 is 20.9 Å². The van der Waals surface area contributed by atoms with Crippen LogP contribution >= 0.6 is 0 Å². The molecule has 0 amide bonds. The van der Waals surface area contributed by atoms with Crippen LogP contribution in [0.5, 0.6) is 0 Å². The maximum atomic E-state index is 6.65. The molecule has 7 rings (SSSR count). The lowest BCUT2D eigenvalue weighted by molar-refractivity contribution is 0.568. The molecule has 0 aliphatic carbocycles. The molecule has 0 fully saturated rings. The molecule has 1 aromatic heterocycles. The summed E-state index contributed by atoms with van der Waals surface area (Å²) in [6.45, 7) is 2.03. The number of anilines is 1. The fourth-order valence-electron chi connectivity index (χ4n) is 6.04. The fourth-order valence-corrected chi connectivity index (χ4v) is 6.04. The molecule has 0 saturated carbocycles. The van der Waals surface area contributed by atoms with E-state index in [1.165, 1.54) is 21.9 Å². The first-order valence-corrected chi connectivity index (χ1v) is 14.1. The number of para-hydroxylation sites is 1. The Kier molecular flexibility index (Phi) is 6.29. The predicted octanol–water partition coefficient (Wildman–Crippen LogP) is 7.84. The van der Waals surface area contributed by atoms with Gasteiger partial charge in [-0.3, -0.25) is 0 Å². The fraction of sp³-hybridized carbons (Fsp3) is 0.0811. The molecular formula is C37H32N4. The molecule has 2 aliphatic heterocycles. The molecule has 4 heteroatoms. The number of nitrogen functional groups attached to an aromatic ring is 1. The summed E-state index contributed by atoms with van der Waals surface area (Å²) in [7, 11) is 0. The van der Waals surface area contributed by atoms with Gasteiger partial charge in [-0.05, 0) is 71.5 Å². The standard InChI is InChI=1S/C37H32N4/c1-2-11-36-37(38)31-17-5-6-20-35(31)41(36)28-15-9-14-26(22-28)27-23-33(40-34(24-27)32-19-7-8-21-39-32)30-18-10-13-25-12-3-4-16-29(25)30/h2-24,32,34,39-40H,38H2,1H3/b11-2-.